The zero-order chi connectivity index (χ0) is 11.1. The lowest BCUT2D eigenvalue weighted by Crippen LogP contribution is -2.52. The van der Waals surface area contributed by atoms with Crippen LogP contribution >= 0.6 is 0 Å². The maximum atomic E-state index is 12.1. The van der Waals surface area contributed by atoms with Crippen LogP contribution in [0.2, 0.25) is 0 Å². The number of nitrogens with zero attached hydrogens (tertiary/aromatic N) is 3. The van der Waals surface area contributed by atoms with E-state index in [1.54, 1.807) is 24.3 Å². The van der Waals surface area contributed by atoms with Gasteiger partial charge in [-0.1, -0.05) is 12.1 Å². The highest BCUT2D eigenvalue weighted by atomic mass is 16.5. The molecule has 0 spiro atoms. The van der Waals surface area contributed by atoms with Gasteiger partial charge in [0.1, 0.15) is 0 Å². The number of carbonyl (C=O) groups excluding carboxylic acids is 1. The number of hydrogen-bond donors (Lipinski definition) is 1. The third-order valence-electron chi connectivity index (χ3n) is 2.83. The SMILES string of the molecule is O=C1c2ccccc2N(O)C2=NCCCN12. The van der Waals surface area contributed by atoms with Gasteiger partial charge in [0, 0.05) is 13.1 Å². The summed E-state index contributed by atoms with van der Waals surface area (Å²) in [5, 5.41) is 11.0. The van der Waals surface area contributed by atoms with Gasteiger partial charge in [-0.05, 0) is 18.6 Å². The molecule has 0 atom stereocenters. The molecule has 3 rings (SSSR count). The Balaban J connectivity index is 2.18. The van der Waals surface area contributed by atoms with Gasteiger partial charge in [0.2, 0.25) is 5.96 Å². The maximum absolute atomic E-state index is 12.1. The standard InChI is InChI=1S/C11H11N3O2/c15-10-8-4-1-2-5-9(8)14(16)11-12-6-3-7-13(10)11/h1-2,4-5,16H,3,6-7H2. The molecule has 2 aliphatic heterocycles. The number of guanidine groups is 1. The van der Waals surface area contributed by atoms with Crippen LogP contribution in [0.15, 0.2) is 29.3 Å². The van der Waals surface area contributed by atoms with E-state index >= 15 is 0 Å². The highest BCUT2D eigenvalue weighted by molar-refractivity contribution is 6.17. The summed E-state index contributed by atoms with van der Waals surface area (Å²) in [6.45, 7) is 1.27. The van der Waals surface area contributed by atoms with Gasteiger partial charge in [0.05, 0.1) is 11.3 Å². The van der Waals surface area contributed by atoms with Crippen molar-refractivity contribution in [3.8, 4) is 0 Å². The summed E-state index contributed by atoms with van der Waals surface area (Å²) in [7, 11) is 0. The number of fused-ring (bicyclic) bond motifs is 2. The van der Waals surface area contributed by atoms with Gasteiger partial charge in [0.15, 0.2) is 0 Å². The Kier molecular flexibility index (Phi) is 1.94. The molecule has 0 aliphatic carbocycles. The molecule has 1 N–H and O–H groups in total. The fraction of sp³-hybridized carbons (Fsp3) is 0.273. The van der Waals surface area contributed by atoms with Gasteiger partial charge in [-0.3, -0.25) is 19.9 Å². The summed E-state index contributed by atoms with van der Waals surface area (Å²) in [6, 6.07) is 7.00. The Labute approximate surface area is 92.6 Å². The molecule has 2 heterocycles. The number of amides is 1. The van der Waals surface area contributed by atoms with E-state index in [0.717, 1.165) is 11.5 Å². The summed E-state index contributed by atoms with van der Waals surface area (Å²) in [5.41, 5.74) is 1.02. The number of para-hydroxylation sites is 1. The second-order valence-corrected chi connectivity index (χ2v) is 3.82. The van der Waals surface area contributed by atoms with Crippen LogP contribution < -0.4 is 5.06 Å². The van der Waals surface area contributed by atoms with Crippen molar-refractivity contribution in [3.05, 3.63) is 29.8 Å². The molecule has 0 fully saturated rings. The average molecular weight is 217 g/mol. The summed E-state index contributed by atoms with van der Waals surface area (Å²) < 4.78 is 0. The lowest BCUT2D eigenvalue weighted by atomic mass is 10.1. The number of rotatable bonds is 0. The highest BCUT2D eigenvalue weighted by Crippen LogP contribution is 2.28. The number of benzene rings is 1. The third kappa shape index (κ3) is 1.15. The molecular formula is C11H11N3O2. The van der Waals surface area contributed by atoms with Crippen molar-refractivity contribution < 1.29 is 10.0 Å². The predicted molar refractivity (Wildman–Crippen MR) is 58.7 cm³/mol. The summed E-state index contributed by atoms with van der Waals surface area (Å²) in [6.07, 6.45) is 0.839. The largest absolute Gasteiger partial charge is 0.281 e. The quantitative estimate of drug-likeness (QED) is 0.708. The van der Waals surface area contributed by atoms with E-state index in [1.807, 2.05) is 0 Å². The molecule has 16 heavy (non-hydrogen) atoms. The molecule has 1 aromatic rings. The zero-order valence-corrected chi connectivity index (χ0v) is 8.63. The van der Waals surface area contributed by atoms with E-state index in [2.05, 4.69) is 4.99 Å². The predicted octanol–water partition coefficient (Wildman–Crippen LogP) is 1.10. The molecule has 0 radical (unpaired) electrons. The first-order valence-electron chi connectivity index (χ1n) is 5.23. The summed E-state index contributed by atoms with van der Waals surface area (Å²) in [5.74, 6) is 0.259. The monoisotopic (exact) mass is 217 g/mol. The molecule has 1 amide bonds. The second-order valence-electron chi connectivity index (χ2n) is 3.82. The topological polar surface area (TPSA) is 56.1 Å². The molecule has 1 aromatic carbocycles. The number of aliphatic imine (C=N–C) groups is 1. The molecule has 0 aromatic heterocycles. The number of hydrogen-bond acceptors (Lipinski definition) is 4. The average Bonchev–Trinajstić information content (AvgIpc) is 2.36. The van der Waals surface area contributed by atoms with Gasteiger partial charge in [0.25, 0.3) is 5.91 Å². The summed E-state index contributed by atoms with van der Waals surface area (Å²) >= 11 is 0. The summed E-state index contributed by atoms with van der Waals surface area (Å²) in [4.78, 5) is 17.8. The molecular weight excluding hydrogens is 206 g/mol. The first kappa shape index (κ1) is 9.35. The number of carbonyl (C=O) groups is 1. The van der Waals surface area contributed by atoms with Crippen molar-refractivity contribution in [2.45, 2.75) is 6.42 Å². The van der Waals surface area contributed by atoms with Gasteiger partial charge < -0.3 is 0 Å². The van der Waals surface area contributed by atoms with E-state index in [0.29, 0.717) is 30.3 Å². The third-order valence-corrected chi connectivity index (χ3v) is 2.83. The van der Waals surface area contributed by atoms with Crippen LogP contribution in [-0.4, -0.2) is 35.1 Å². The van der Waals surface area contributed by atoms with E-state index < -0.39 is 0 Å². The minimum atomic E-state index is -0.0839. The Bertz CT molecular complexity index is 484. The van der Waals surface area contributed by atoms with Crippen LogP contribution in [0.25, 0.3) is 0 Å². The molecule has 0 unspecified atom stereocenters. The van der Waals surface area contributed by atoms with Crippen LogP contribution in [0.4, 0.5) is 5.69 Å². The Morgan fingerprint density at radius 1 is 1.31 bits per heavy atom. The van der Waals surface area contributed by atoms with Crippen molar-refractivity contribution in [3.63, 3.8) is 0 Å². The number of hydroxylamine groups is 1. The van der Waals surface area contributed by atoms with Crippen molar-refractivity contribution >= 4 is 17.6 Å². The lowest BCUT2D eigenvalue weighted by Gasteiger charge is -2.36. The van der Waals surface area contributed by atoms with Gasteiger partial charge in [-0.25, -0.2) is 0 Å². The molecule has 5 heteroatoms. The Morgan fingerprint density at radius 3 is 3.00 bits per heavy atom. The van der Waals surface area contributed by atoms with Crippen LogP contribution in [-0.2, 0) is 0 Å². The lowest BCUT2D eigenvalue weighted by molar-refractivity contribution is 0.0816. The van der Waals surface area contributed by atoms with E-state index in [-0.39, 0.29) is 5.91 Å². The Morgan fingerprint density at radius 2 is 2.12 bits per heavy atom. The normalized spacial score (nSPS) is 19.1. The van der Waals surface area contributed by atoms with Crippen molar-refractivity contribution in [1.82, 2.24) is 4.90 Å². The molecule has 0 bridgehead atoms. The van der Waals surface area contributed by atoms with Crippen LogP contribution in [0.1, 0.15) is 16.8 Å². The minimum absolute atomic E-state index is 0.0839. The van der Waals surface area contributed by atoms with Crippen molar-refractivity contribution in [2.75, 3.05) is 18.2 Å². The fourth-order valence-corrected chi connectivity index (χ4v) is 2.06. The molecule has 0 saturated heterocycles. The van der Waals surface area contributed by atoms with Crippen LogP contribution in [0.3, 0.4) is 0 Å². The molecule has 82 valence electrons. The minimum Gasteiger partial charge on any atom is -0.281 e. The van der Waals surface area contributed by atoms with E-state index in [1.165, 1.54) is 4.90 Å². The fourth-order valence-electron chi connectivity index (χ4n) is 2.06. The smallest absolute Gasteiger partial charge is 0.262 e. The highest BCUT2D eigenvalue weighted by Gasteiger charge is 2.35. The van der Waals surface area contributed by atoms with Gasteiger partial charge in [-0.15, -0.1) is 0 Å². The first-order valence-corrected chi connectivity index (χ1v) is 5.23. The van der Waals surface area contributed by atoms with Gasteiger partial charge in [-0.2, -0.15) is 5.06 Å². The van der Waals surface area contributed by atoms with Crippen LogP contribution in [0, 0.1) is 0 Å². The van der Waals surface area contributed by atoms with E-state index in [4.69, 9.17) is 0 Å². The first-order chi connectivity index (χ1) is 7.79. The zero-order valence-electron chi connectivity index (χ0n) is 8.63. The number of anilines is 1. The molecule has 5 nitrogen and oxygen atoms in total. The van der Waals surface area contributed by atoms with Crippen molar-refractivity contribution in [1.29, 1.82) is 0 Å². The van der Waals surface area contributed by atoms with Gasteiger partial charge >= 0.3 is 0 Å². The van der Waals surface area contributed by atoms with Crippen molar-refractivity contribution in [2.24, 2.45) is 4.99 Å². The van der Waals surface area contributed by atoms with Crippen LogP contribution in [0.5, 0.6) is 0 Å². The Hall–Kier alpha value is -1.88. The van der Waals surface area contributed by atoms with E-state index in [9.17, 15) is 10.0 Å². The molecule has 0 saturated carbocycles. The second kappa shape index (κ2) is 3.31. The maximum Gasteiger partial charge on any atom is 0.262 e. The molecule has 2 aliphatic rings.